The number of guanidine groups is 1. The number of aliphatic imine (C=N–C) groups is 1. The molecule has 0 heterocycles. The van der Waals surface area contributed by atoms with E-state index < -0.39 is 9.84 Å². The summed E-state index contributed by atoms with van der Waals surface area (Å²) in [6, 6.07) is 0.531. The van der Waals surface area contributed by atoms with Crippen molar-refractivity contribution in [3.05, 3.63) is 0 Å². The molecular weight excluding hydrogens is 393 g/mol. The van der Waals surface area contributed by atoms with Gasteiger partial charge in [-0.15, -0.1) is 24.0 Å². The van der Waals surface area contributed by atoms with E-state index in [-0.39, 0.29) is 36.3 Å². The third-order valence-corrected chi connectivity index (χ3v) is 3.79. The fourth-order valence-electron chi connectivity index (χ4n) is 1.55. The first-order valence-electron chi connectivity index (χ1n) is 6.72. The summed E-state index contributed by atoms with van der Waals surface area (Å²) < 4.78 is 27.0. The van der Waals surface area contributed by atoms with Crippen molar-refractivity contribution in [3.63, 3.8) is 0 Å². The van der Waals surface area contributed by atoms with Crippen LogP contribution in [0.15, 0.2) is 4.99 Å². The molecule has 0 saturated heterocycles. The van der Waals surface area contributed by atoms with Crippen LogP contribution in [-0.4, -0.2) is 58.7 Å². The van der Waals surface area contributed by atoms with Gasteiger partial charge in [0, 0.05) is 18.8 Å². The Morgan fingerprint density at radius 1 is 1.40 bits per heavy atom. The van der Waals surface area contributed by atoms with Crippen LogP contribution in [0.1, 0.15) is 20.3 Å². The molecule has 1 saturated carbocycles. The van der Waals surface area contributed by atoms with Gasteiger partial charge in [-0.2, -0.15) is 0 Å². The van der Waals surface area contributed by atoms with Gasteiger partial charge in [-0.1, -0.05) is 6.92 Å². The average Bonchev–Trinajstić information content (AvgIpc) is 2.98. The van der Waals surface area contributed by atoms with Gasteiger partial charge in [-0.3, -0.25) is 4.99 Å². The number of nitrogens with zero attached hydrogens (tertiary/aromatic N) is 1. The first kappa shape index (κ1) is 19.9. The molecule has 0 aromatic heterocycles. The molecule has 2 atom stereocenters. The fourth-order valence-corrected chi connectivity index (χ4v) is 1.97. The Morgan fingerprint density at radius 3 is 2.55 bits per heavy atom. The lowest BCUT2D eigenvalue weighted by molar-refractivity contribution is 0.157. The highest BCUT2D eigenvalue weighted by molar-refractivity contribution is 14.0. The molecule has 0 spiro atoms. The quantitative estimate of drug-likeness (QED) is 0.261. The largest absolute Gasteiger partial charge is 0.378 e. The monoisotopic (exact) mass is 419 g/mol. The molecule has 1 aliphatic rings. The van der Waals surface area contributed by atoms with Crippen LogP contribution in [0.5, 0.6) is 0 Å². The van der Waals surface area contributed by atoms with Gasteiger partial charge in [0.1, 0.15) is 9.84 Å². The van der Waals surface area contributed by atoms with E-state index in [0.29, 0.717) is 19.2 Å². The minimum absolute atomic E-state index is 0. The summed E-state index contributed by atoms with van der Waals surface area (Å²) in [6.07, 6.45) is 2.40. The van der Waals surface area contributed by atoms with E-state index in [1.54, 1.807) is 0 Å². The molecule has 6 nitrogen and oxygen atoms in total. The maximum atomic E-state index is 10.9. The second-order valence-corrected chi connectivity index (χ2v) is 7.23. The lowest BCUT2D eigenvalue weighted by atomic mass is 10.5. The van der Waals surface area contributed by atoms with Crippen LogP contribution in [0, 0.1) is 5.92 Å². The number of sulfone groups is 1. The molecular formula is C12H26IN3O3S. The normalized spacial score (nSPS) is 22.1. The third-order valence-electron chi connectivity index (χ3n) is 2.88. The van der Waals surface area contributed by atoms with Gasteiger partial charge in [0.05, 0.1) is 25.5 Å². The molecule has 0 aromatic rings. The minimum Gasteiger partial charge on any atom is -0.378 e. The maximum absolute atomic E-state index is 10.9. The Kier molecular flexibility index (Phi) is 9.73. The molecule has 0 aromatic carbocycles. The second-order valence-electron chi connectivity index (χ2n) is 4.97. The Bertz CT molecular complexity index is 401. The van der Waals surface area contributed by atoms with Crippen LogP contribution >= 0.6 is 24.0 Å². The van der Waals surface area contributed by atoms with Gasteiger partial charge >= 0.3 is 0 Å². The van der Waals surface area contributed by atoms with Crippen LogP contribution in [0.25, 0.3) is 0 Å². The Hall–Kier alpha value is -0.0900. The van der Waals surface area contributed by atoms with Gasteiger partial charge in [-0.05, 0) is 19.3 Å². The lowest BCUT2D eigenvalue weighted by Gasteiger charge is -2.10. The molecule has 2 unspecified atom stereocenters. The van der Waals surface area contributed by atoms with Crippen molar-refractivity contribution in [2.24, 2.45) is 10.9 Å². The number of nitrogens with one attached hydrogen (secondary N) is 2. The summed E-state index contributed by atoms with van der Waals surface area (Å²) in [5.41, 5.74) is 0. The van der Waals surface area contributed by atoms with Crippen LogP contribution in [0.3, 0.4) is 0 Å². The molecule has 1 fully saturated rings. The molecule has 0 aliphatic heterocycles. The van der Waals surface area contributed by atoms with Crippen molar-refractivity contribution in [1.29, 1.82) is 0 Å². The molecule has 0 amide bonds. The summed E-state index contributed by atoms with van der Waals surface area (Å²) in [5.74, 6) is 1.59. The standard InChI is InChI=1S/C12H25N3O3S.HI/c1-4-13-12(15-11-9-10(11)2)14-5-6-18-7-8-19(3,16)17;/h10-11H,4-9H2,1-3H3,(H2,13,14,15);1H. The molecule has 2 N–H and O–H groups in total. The maximum Gasteiger partial charge on any atom is 0.191 e. The summed E-state index contributed by atoms with van der Waals surface area (Å²) in [5, 5.41) is 6.52. The van der Waals surface area contributed by atoms with E-state index in [9.17, 15) is 8.42 Å². The molecule has 8 heteroatoms. The van der Waals surface area contributed by atoms with Crippen molar-refractivity contribution >= 4 is 39.8 Å². The zero-order chi connectivity index (χ0) is 14.3. The van der Waals surface area contributed by atoms with Crippen molar-refractivity contribution in [2.75, 3.05) is 38.3 Å². The Morgan fingerprint density at radius 2 is 2.05 bits per heavy atom. The van der Waals surface area contributed by atoms with E-state index in [2.05, 4.69) is 22.5 Å². The second kappa shape index (κ2) is 9.78. The zero-order valence-electron chi connectivity index (χ0n) is 12.4. The van der Waals surface area contributed by atoms with E-state index in [0.717, 1.165) is 18.4 Å². The van der Waals surface area contributed by atoms with E-state index in [1.165, 1.54) is 12.7 Å². The number of hydrogen-bond donors (Lipinski definition) is 2. The van der Waals surface area contributed by atoms with Crippen molar-refractivity contribution < 1.29 is 13.2 Å². The summed E-state index contributed by atoms with van der Waals surface area (Å²) in [6.45, 7) is 6.25. The first-order chi connectivity index (χ1) is 8.92. The highest BCUT2D eigenvalue weighted by Crippen LogP contribution is 2.28. The van der Waals surface area contributed by atoms with E-state index in [1.807, 2.05) is 6.92 Å². The highest BCUT2D eigenvalue weighted by atomic mass is 127. The Balaban J connectivity index is 0.00000361. The predicted molar refractivity (Wildman–Crippen MR) is 92.6 cm³/mol. The highest BCUT2D eigenvalue weighted by Gasteiger charge is 2.33. The van der Waals surface area contributed by atoms with Crippen LogP contribution in [0.2, 0.25) is 0 Å². The smallest absolute Gasteiger partial charge is 0.191 e. The average molecular weight is 419 g/mol. The first-order valence-corrected chi connectivity index (χ1v) is 8.78. The van der Waals surface area contributed by atoms with Crippen molar-refractivity contribution in [3.8, 4) is 0 Å². The van der Waals surface area contributed by atoms with Gasteiger partial charge in [0.15, 0.2) is 5.96 Å². The summed E-state index contributed by atoms with van der Waals surface area (Å²) in [4.78, 5) is 4.38. The fraction of sp³-hybridized carbons (Fsp3) is 0.917. The van der Waals surface area contributed by atoms with Crippen LogP contribution in [0.4, 0.5) is 0 Å². The molecule has 1 aliphatic carbocycles. The molecule has 0 bridgehead atoms. The topological polar surface area (TPSA) is 79.8 Å². The zero-order valence-corrected chi connectivity index (χ0v) is 15.5. The molecule has 20 heavy (non-hydrogen) atoms. The van der Waals surface area contributed by atoms with Gasteiger partial charge < -0.3 is 15.4 Å². The third kappa shape index (κ3) is 9.76. The Labute approximate surface area is 139 Å². The van der Waals surface area contributed by atoms with E-state index >= 15 is 0 Å². The van der Waals surface area contributed by atoms with Gasteiger partial charge in [0.25, 0.3) is 0 Å². The summed E-state index contributed by atoms with van der Waals surface area (Å²) >= 11 is 0. The molecule has 1 rings (SSSR count). The number of ether oxygens (including phenoxy) is 1. The minimum atomic E-state index is -2.94. The van der Waals surface area contributed by atoms with Crippen LogP contribution in [-0.2, 0) is 14.6 Å². The van der Waals surface area contributed by atoms with Crippen molar-refractivity contribution in [2.45, 2.75) is 26.3 Å². The van der Waals surface area contributed by atoms with E-state index in [4.69, 9.17) is 4.74 Å². The molecule has 0 radical (unpaired) electrons. The van der Waals surface area contributed by atoms with Gasteiger partial charge in [-0.25, -0.2) is 8.42 Å². The van der Waals surface area contributed by atoms with Crippen LogP contribution < -0.4 is 10.6 Å². The number of hydrogen-bond acceptors (Lipinski definition) is 4. The van der Waals surface area contributed by atoms with Crippen molar-refractivity contribution in [1.82, 2.24) is 10.6 Å². The van der Waals surface area contributed by atoms with Gasteiger partial charge in [0.2, 0.25) is 0 Å². The molecule has 120 valence electrons. The lowest BCUT2D eigenvalue weighted by Crippen LogP contribution is -2.39. The number of halogens is 1. The summed E-state index contributed by atoms with van der Waals surface area (Å²) in [7, 11) is -2.94. The SMILES string of the molecule is CCNC(=NCCOCCS(C)(=O)=O)NC1CC1C.I. The predicted octanol–water partition coefficient (Wildman–Crippen LogP) is 0.629. The number of rotatable bonds is 8.